The van der Waals surface area contributed by atoms with Crippen molar-refractivity contribution in [1.29, 1.82) is 0 Å². The number of hydrogen-bond donors (Lipinski definition) is 0. The summed E-state index contributed by atoms with van der Waals surface area (Å²) in [7, 11) is 0. The molecule has 0 bridgehead atoms. The van der Waals surface area contributed by atoms with Gasteiger partial charge in [-0.1, -0.05) is 35.3 Å². The number of aryl methyl sites for hydroxylation is 2. The molecular weight excluding hydrogens is 306 g/mol. The van der Waals surface area contributed by atoms with Crippen molar-refractivity contribution in [3.8, 4) is 0 Å². The third kappa shape index (κ3) is 3.05. The van der Waals surface area contributed by atoms with Crippen LogP contribution in [0.1, 0.15) is 27.6 Å². The van der Waals surface area contributed by atoms with Gasteiger partial charge in [-0.3, -0.25) is 0 Å². The summed E-state index contributed by atoms with van der Waals surface area (Å²) in [4.78, 5) is 0. The molecule has 0 fully saturated rings. The lowest BCUT2D eigenvalue weighted by Gasteiger charge is -2.14. The van der Waals surface area contributed by atoms with Crippen LogP contribution in [-0.4, -0.2) is 0 Å². The normalized spacial score (nSPS) is 12.5. The van der Waals surface area contributed by atoms with Crippen LogP contribution in [0.4, 0.5) is 4.39 Å². The summed E-state index contributed by atoms with van der Waals surface area (Å²) in [6.45, 7) is 3.60. The average molecular weight is 318 g/mol. The van der Waals surface area contributed by atoms with E-state index in [1.54, 1.807) is 13.0 Å². The van der Waals surface area contributed by atoms with Crippen LogP contribution in [0.2, 0.25) is 10.0 Å². The molecule has 0 aromatic heterocycles. The molecule has 0 N–H and O–H groups in total. The first-order chi connectivity index (χ1) is 8.90. The largest absolute Gasteiger partial charge is 0.207 e. The van der Waals surface area contributed by atoms with E-state index in [1.165, 1.54) is 6.07 Å². The van der Waals surface area contributed by atoms with Gasteiger partial charge < -0.3 is 0 Å². The highest BCUT2D eigenvalue weighted by atomic mass is 35.5. The van der Waals surface area contributed by atoms with E-state index in [1.807, 2.05) is 25.1 Å². The summed E-state index contributed by atoms with van der Waals surface area (Å²) in [5, 5.41) is 0.516. The van der Waals surface area contributed by atoms with Crippen molar-refractivity contribution in [3.05, 3.63) is 68.4 Å². The Kier molecular flexibility index (Phi) is 4.39. The Morgan fingerprint density at radius 1 is 0.947 bits per heavy atom. The summed E-state index contributed by atoms with van der Waals surface area (Å²) < 4.78 is 13.4. The zero-order chi connectivity index (χ0) is 14.2. The van der Waals surface area contributed by atoms with Gasteiger partial charge in [0.25, 0.3) is 0 Å². The molecule has 2 aromatic rings. The second-order valence-corrected chi connectivity index (χ2v) is 5.74. The van der Waals surface area contributed by atoms with Crippen LogP contribution in [0.15, 0.2) is 30.3 Å². The summed E-state index contributed by atoms with van der Waals surface area (Å²) in [5.41, 5.74) is 3.02. The van der Waals surface area contributed by atoms with Crippen LogP contribution < -0.4 is 0 Å². The van der Waals surface area contributed by atoms with E-state index in [4.69, 9.17) is 34.8 Å². The highest BCUT2D eigenvalue weighted by molar-refractivity contribution is 6.33. The Morgan fingerprint density at radius 3 is 2.26 bits per heavy atom. The van der Waals surface area contributed by atoms with E-state index in [0.29, 0.717) is 21.2 Å². The highest BCUT2D eigenvalue weighted by Gasteiger charge is 2.17. The lowest BCUT2D eigenvalue weighted by atomic mass is 10.0. The number of alkyl halides is 1. The zero-order valence-electron chi connectivity index (χ0n) is 10.5. The lowest BCUT2D eigenvalue weighted by Crippen LogP contribution is -1.97. The van der Waals surface area contributed by atoms with Crippen LogP contribution in [0, 0.1) is 19.7 Å². The molecule has 0 spiro atoms. The monoisotopic (exact) mass is 316 g/mol. The van der Waals surface area contributed by atoms with Crippen molar-refractivity contribution in [2.45, 2.75) is 19.2 Å². The summed E-state index contributed by atoms with van der Waals surface area (Å²) in [6, 6.07) is 8.56. The molecule has 4 heteroatoms. The van der Waals surface area contributed by atoms with Gasteiger partial charge in [-0.2, -0.15) is 0 Å². The van der Waals surface area contributed by atoms with Gasteiger partial charge in [-0.05, 0) is 54.3 Å². The quantitative estimate of drug-likeness (QED) is 0.589. The van der Waals surface area contributed by atoms with Crippen molar-refractivity contribution in [2.24, 2.45) is 0 Å². The fourth-order valence-electron chi connectivity index (χ4n) is 1.82. The maximum absolute atomic E-state index is 13.4. The smallest absolute Gasteiger partial charge is 0.127 e. The lowest BCUT2D eigenvalue weighted by molar-refractivity contribution is 0.618. The van der Waals surface area contributed by atoms with Gasteiger partial charge >= 0.3 is 0 Å². The predicted molar refractivity (Wildman–Crippen MR) is 80.0 cm³/mol. The maximum atomic E-state index is 13.4. The highest BCUT2D eigenvalue weighted by Crippen LogP contribution is 2.36. The number of benzene rings is 2. The van der Waals surface area contributed by atoms with Gasteiger partial charge in [0, 0.05) is 10.0 Å². The molecule has 0 radical (unpaired) electrons. The SMILES string of the molecule is Cc1cc(C(Cl)c2ccc(C)c(Cl)c2)c(Cl)cc1F. The Hall–Kier alpha value is -0.760. The molecule has 0 aliphatic heterocycles. The summed E-state index contributed by atoms with van der Waals surface area (Å²) >= 11 is 18.6. The third-order valence-electron chi connectivity index (χ3n) is 3.04. The van der Waals surface area contributed by atoms with Crippen LogP contribution in [0.25, 0.3) is 0 Å². The molecule has 2 aromatic carbocycles. The van der Waals surface area contributed by atoms with Gasteiger partial charge in [0.2, 0.25) is 0 Å². The predicted octanol–water partition coefficient (Wildman–Crippen LogP) is 6.08. The minimum Gasteiger partial charge on any atom is -0.207 e. The van der Waals surface area contributed by atoms with Gasteiger partial charge in [-0.25, -0.2) is 4.39 Å². The second-order valence-electron chi connectivity index (χ2n) is 4.49. The third-order valence-corrected chi connectivity index (χ3v) is 4.26. The molecule has 0 aliphatic carbocycles. The van der Waals surface area contributed by atoms with E-state index in [-0.39, 0.29) is 5.82 Å². The minimum absolute atomic E-state index is 0.319. The van der Waals surface area contributed by atoms with E-state index < -0.39 is 5.38 Å². The Balaban J connectivity index is 2.46. The van der Waals surface area contributed by atoms with Crippen molar-refractivity contribution in [1.82, 2.24) is 0 Å². The van der Waals surface area contributed by atoms with Crippen molar-refractivity contribution in [2.75, 3.05) is 0 Å². The molecular formula is C15H12Cl3F. The van der Waals surface area contributed by atoms with Gasteiger partial charge in [0.15, 0.2) is 0 Å². The van der Waals surface area contributed by atoms with Gasteiger partial charge in [0.05, 0.1) is 5.38 Å². The fraction of sp³-hybridized carbons (Fsp3) is 0.200. The summed E-state index contributed by atoms with van der Waals surface area (Å²) in [6.07, 6.45) is 0. The molecule has 0 saturated carbocycles. The number of hydrogen-bond acceptors (Lipinski definition) is 0. The van der Waals surface area contributed by atoms with Crippen LogP contribution >= 0.6 is 34.8 Å². The van der Waals surface area contributed by atoms with Crippen LogP contribution in [0.3, 0.4) is 0 Å². The minimum atomic E-state index is -0.454. The second kappa shape index (κ2) is 5.70. The molecule has 2 rings (SSSR count). The van der Waals surface area contributed by atoms with Crippen LogP contribution in [-0.2, 0) is 0 Å². The van der Waals surface area contributed by atoms with Gasteiger partial charge in [-0.15, -0.1) is 11.6 Å². The van der Waals surface area contributed by atoms with Crippen molar-refractivity contribution < 1.29 is 4.39 Å². The first kappa shape index (κ1) is 14.6. The van der Waals surface area contributed by atoms with Gasteiger partial charge in [0.1, 0.15) is 5.82 Å². The standard InChI is InChI=1S/C15H12Cl3F/c1-8-3-4-10(6-12(8)16)15(18)11-5-9(2)14(19)7-13(11)17/h3-7,15H,1-2H3. The summed E-state index contributed by atoms with van der Waals surface area (Å²) in [5.74, 6) is -0.334. The molecule has 0 aliphatic rings. The van der Waals surface area contributed by atoms with E-state index in [0.717, 1.165) is 11.1 Å². The number of rotatable bonds is 2. The molecule has 100 valence electrons. The zero-order valence-corrected chi connectivity index (χ0v) is 12.7. The topological polar surface area (TPSA) is 0 Å². The molecule has 1 atom stereocenters. The first-order valence-corrected chi connectivity index (χ1v) is 6.95. The Morgan fingerprint density at radius 2 is 1.63 bits per heavy atom. The Labute approximate surface area is 127 Å². The van der Waals surface area contributed by atoms with E-state index >= 15 is 0 Å². The van der Waals surface area contributed by atoms with E-state index in [2.05, 4.69) is 0 Å². The van der Waals surface area contributed by atoms with Crippen LogP contribution in [0.5, 0.6) is 0 Å². The molecule has 0 saturated heterocycles. The van der Waals surface area contributed by atoms with Crippen molar-refractivity contribution in [3.63, 3.8) is 0 Å². The fourth-order valence-corrected chi connectivity index (χ4v) is 2.64. The van der Waals surface area contributed by atoms with Crippen molar-refractivity contribution >= 4 is 34.8 Å². The molecule has 1 unspecified atom stereocenters. The molecule has 0 amide bonds. The van der Waals surface area contributed by atoms with E-state index in [9.17, 15) is 4.39 Å². The first-order valence-electron chi connectivity index (χ1n) is 5.76. The number of halogens is 4. The average Bonchev–Trinajstić information content (AvgIpc) is 2.36. The molecule has 0 nitrogen and oxygen atoms in total. The molecule has 0 heterocycles. The Bertz CT molecular complexity index is 623. The molecule has 19 heavy (non-hydrogen) atoms. The maximum Gasteiger partial charge on any atom is 0.127 e.